The summed E-state index contributed by atoms with van der Waals surface area (Å²) in [6, 6.07) is 14.7. The van der Waals surface area contributed by atoms with E-state index in [0.717, 1.165) is 34.0 Å². The molecule has 0 bridgehead atoms. The van der Waals surface area contributed by atoms with Gasteiger partial charge in [0.1, 0.15) is 18.0 Å². The molecule has 0 saturated carbocycles. The Kier molecular flexibility index (Phi) is 4.86. The second-order valence-corrected chi connectivity index (χ2v) is 7.86. The van der Waals surface area contributed by atoms with E-state index in [1.54, 1.807) is 12.7 Å². The molecule has 0 radical (unpaired) electrons. The van der Waals surface area contributed by atoms with Gasteiger partial charge in [-0.25, -0.2) is 15.0 Å². The van der Waals surface area contributed by atoms with Gasteiger partial charge in [0.25, 0.3) is 0 Å². The van der Waals surface area contributed by atoms with Crippen LogP contribution in [0.3, 0.4) is 0 Å². The summed E-state index contributed by atoms with van der Waals surface area (Å²) in [7, 11) is 0. The summed E-state index contributed by atoms with van der Waals surface area (Å²) in [5.74, 6) is 0.740. The molecule has 0 saturated heterocycles. The Morgan fingerprint density at radius 2 is 1.87 bits per heavy atom. The standard InChI is InChI=1S/C24H25N7/c1-4-18(29-23-21-22(26-13-25-21)27-14-28-23)24-30-19-10-7-9-15(2)17(19)12-31(24)20-11-6-5-8-16(20)3/h5-14,18,24H,4H2,1-3H3,(H2,25,26,27,28,29). The first kappa shape index (κ1) is 19.2. The zero-order valence-electron chi connectivity index (χ0n) is 17.9. The van der Waals surface area contributed by atoms with Crippen LogP contribution >= 0.6 is 0 Å². The van der Waals surface area contributed by atoms with Crippen molar-refractivity contribution in [3.05, 3.63) is 76.8 Å². The van der Waals surface area contributed by atoms with Crippen LogP contribution in [0.2, 0.25) is 0 Å². The molecule has 2 atom stereocenters. The second kappa shape index (κ2) is 7.83. The Morgan fingerprint density at radius 3 is 2.71 bits per heavy atom. The van der Waals surface area contributed by atoms with Crippen molar-refractivity contribution in [3.8, 4) is 0 Å². The number of imidazole rings is 1. The largest absolute Gasteiger partial charge is 0.361 e. The summed E-state index contributed by atoms with van der Waals surface area (Å²) in [5.41, 5.74) is 5.04. The third-order valence-corrected chi connectivity index (χ3v) is 5.86. The number of fused-ring (bicyclic) bond motifs is 2. The molecular formula is C24H25N7. The molecule has 2 aromatic heterocycles. The molecule has 156 valence electrons. The maximum Gasteiger partial charge on any atom is 0.182 e. The maximum atomic E-state index is 5.20. The van der Waals surface area contributed by atoms with Crippen molar-refractivity contribution < 1.29 is 0 Å². The van der Waals surface area contributed by atoms with Crippen LogP contribution in [0, 0.1) is 13.8 Å². The SMILES string of the molecule is CCC(Nc1ncnc2nc[nH]c12)C1N=c2cccc(C)c2=CN1c1ccccc1C. The van der Waals surface area contributed by atoms with Crippen molar-refractivity contribution >= 4 is 28.9 Å². The van der Waals surface area contributed by atoms with E-state index in [1.165, 1.54) is 11.1 Å². The number of anilines is 2. The summed E-state index contributed by atoms with van der Waals surface area (Å²) < 4.78 is 0. The van der Waals surface area contributed by atoms with Gasteiger partial charge in [-0.15, -0.1) is 0 Å². The van der Waals surface area contributed by atoms with Gasteiger partial charge in [0.15, 0.2) is 11.5 Å². The minimum Gasteiger partial charge on any atom is -0.361 e. The van der Waals surface area contributed by atoms with Crippen molar-refractivity contribution in [3.63, 3.8) is 0 Å². The summed E-state index contributed by atoms with van der Waals surface area (Å²) >= 11 is 0. The van der Waals surface area contributed by atoms with Crippen molar-refractivity contribution in [1.82, 2.24) is 19.9 Å². The Labute approximate surface area is 180 Å². The van der Waals surface area contributed by atoms with Gasteiger partial charge in [0, 0.05) is 17.1 Å². The number of rotatable bonds is 5. The molecule has 4 aromatic rings. The molecule has 7 heteroatoms. The Morgan fingerprint density at radius 1 is 1.03 bits per heavy atom. The summed E-state index contributed by atoms with van der Waals surface area (Å²) in [4.78, 5) is 23.6. The number of nitrogens with zero attached hydrogens (tertiary/aromatic N) is 5. The van der Waals surface area contributed by atoms with Crippen LogP contribution in [0.5, 0.6) is 0 Å². The van der Waals surface area contributed by atoms with Gasteiger partial charge in [-0.1, -0.05) is 37.3 Å². The second-order valence-electron chi connectivity index (χ2n) is 7.86. The van der Waals surface area contributed by atoms with Gasteiger partial charge in [-0.05, 0) is 43.5 Å². The molecule has 3 heterocycles. The van der Waals surface area contributed by atoms with Crippen LogP contribution in [0.15, 0.2) is 60.1 Å². The van der Waals surface area contributed by atoms with Crippen LogP contribution in [0.1, 0.15) is 24.5 Å². The van der Waals surface area contributed by atoms with Gasteiger partial charge >= 0.3 is 0 Å². The van der Waals surface area contributed by atoms with Gasteiger partial charge in [0.05, 0.1) is 17.7 Å². The highest BCUT2D eigenvalue weighted by molar-refractivity contribution is 5.82. The lowest BCUT2D eigenvalue weighted by atomic mass is 10.1. The fourth-order valence-electron chi connectivity index (χ4n) is 4.15. The van der Waals surface area contributed by atoms with Gasteiger partial charge < -0.3 is 15.2 Å². The first-order valence-corrected chi connectivity index (χ1v) is 10.6. The quantitative estimate of drug-likeness (QED) is 0.527. The van der Waals surface area contributed by atoms with Crippen molar-refractivity contribution in [2.75, 3.05) is 10.2 Å². The Bertz CT molecular complexity index is 1360. The van der Waals surface area contributed by atoms with Crippen LogP contribution in [0.25, 0.3) is 17.4 Å². The Balaban J connectivity index is 1.63. The molecule has 1 aliphatic rings. The van der Waals surface area contributed by atoms with E-state index in [2.05, 4.69) is 99.6 Å². The fourth-order valence-corrected chi connectivity index (χ4v) is 4.15. The summed E-state index contributed by atoms with van der Waals surface area (Å²) in [6.45, 7) is 6.44. The average molecular weight is 412 g/mol. The Hall–Kier alpha value is -3.74. The number of hydrogen-bond donors (Lipinski definition) is 2. The van der Waals surface area contributed by atoms with E-state index in [4.69, 9.17) is 4.99 Å². The fraction of sp³-hybridized carbons (Fsp3) is 0.250. The molecule has 5 rings (SSSR count). The third kappa shape index (κ3) is 3.42. The number of aryl methyl sites for hydroxylation is 2. The van der Waals surface area contributed by atoms with Crippen molar-refractivity contribution in [2.45, 2.75) is 39.4 Å². The third-order valence-electron chi connectivity index (χ3n) is 5.86. The van der Waals surface area contributed by atoms with Crippen LogP contribution in [0.4, 0.5) is 11.5 Å². The van der Waals surface area contributed by atoms with E-state index < -0.39 is 0 Å². The smallest absolute Gasteiger partial charge is 0.182 e. The number of H-pyrrole nitrogens is 1. The maximum absolute atomic E-state index is 5.20. The van der Waals surface area contributed by atoms with Gasteiger partial charge in [-0.3, -0.25) is 4.99 Å². The molecule has 2 N–H and O–H groups in total. The zero-order chi connectivity index (χ0) is 21.4. The number of aromatic nitrogens is 4. The predicted molar refractivity (Wildman–Crippen MR) is 123 cm³/mol. The molecule has 0 amide bonds. The topological polar surface area (TPSA) is 82.1 Å². The van der Waals surface area contributed by atoms with Crippen LogP contribution in [-0.4, -0.2) is 32.1 Å². The highest BCUT2D eigenvalue weighted by Crippen LogP contribution is 2.27. The minimum absolute atomic E-state index is 0.0194. The summed E-state index contributed by atoms with van der Waals surface area (Å²) in [5, 5.41) is 5.79. The molecule has 7 nitrogen and oxygen atoms in total. The lowest BCUT2D eigenvalue weighted by Crippen LogP contribution is -2.50. The number of nitrogens with one attached hydrogen (secondary N) is 2. The number of para-hydroxylation sites is 1. The molecule has 2 aromatic carbocycles. The highest BCUT2D eigenvalue weighted by atomic mass is 15.3. The molecule has 31 heavy (non-hydrogen) atoms. The van der Waals surface area contributed by atoms with Crippen molar-refractivity contribution in [1.29, 1.82) is 0 Å². The van der Waals surface area contributed by atoms with Gasteiger partial charge in [-0.2, -0.15) is 0 Å². The molecule has 0 spiro atoms. The molecule has 0 fully saturated rings. The lowest BCUT2D eigenvalue weighted by molar-refractivity contribution is 0.537. The summed E-state index contributed by atoms with van der Waals surface area (Å²) in [6.07, 6.45) is 6.16. The van der Waals surface area contributed by atoms with E-state index >= 15 is 0 Å². The van der Waals surface area contributed by atoms with E-state index in [9.17, 15) is 0 Å². The molecule has 0 aliphatic carbocycles. The average Bonchev–Trinajstić information content (AvgIpc) is 3.27. The number of aromatic amines is 1. The van der Waals surface area contributed by atoms with E-state index in [1.807, 2.05) is 0 Å². The number of hydrogen-bond acceptors (Lipinski definition) is 6. The van der Waals surface area contributed by atoms with E-state index in [0.29, 0.717) is 5.65 Å². The monoisotopic (exact) mass is 411 g/mol. The minimum atomic E-state index is -0.131. The molecule has 1 aliphatic heterocycles. The first-order chi connectivity index (χ1) is 15.2. The normalized spacial score (nSPS) is 16.4. The van der Waals surface area contributed by atoms with Crippen molar-refractivity contribution in [2.24, 2.45) is 4.99 Å². The van der Waals surface area contributed by atoms with Gasteiger partial charge in [0.2, 0.25) is 0 Å². The van der Waals surface area contributed by atoms with Crippen LogP contribution < -0.4 is 20.8 Å². The first-order valence-electron chi connectivity index (χ1n) is 10.6. The lowest BCUT2D eigenvalue weighted by Gasteiger charge is -2.36. The predicted octanol–water partition coefficient (Wildman–Crippen LogP) is 3.06. The zero-order valence-corrected chi connectivity index (χ0v) is 17.9. The van der Waals surface area contributed by atoms with Crippen LogP contribution in [-0.2, 0) is 0 Å². The van der Waals surface area contributed by atoms with E-state index in [-0.39, 0.29) is 12.2 Å². The highest BCUT2D eigenvalue weighted by Gasteiger charge is 2.29. The molecular weight excluding hydrogens is 386 g/mol. The number of benzene rings is 2. The molecule has 2 unspecified atom stereocenters.